The number of rotatable bonds is 1. The van der Waals surface area contributed by atoms with Crippen LogP contribution >= 0.6 is 0 Å². The molecule has 0 aromatic heterocycles. The second-order valence-electron chi connectivity index (χ2n) is 3.65. The smallest absolute Gasteiger partial charge is 0.101 e. The average molecular weight is 151 g/mol. The average Bonchev–Trinajstić information content (AvgIpc) is 1.85. The summed E-state index contributed by atoms with van der Waals surface area (Å²) in [4.78, 5) is 0. The van der Waals surface area contributed by atoms with Crippen molar-refractivity contribution in [2.45, 2.75) is 32.8 Å². The van der Waals surface area contributed by atoms with Crippen molar-refractivity contribution in [3.63, 3.8) is 0 Å². The first-order valence-corrected chi connectivity index (χ1v) is 3.97. The third kappa shape index (κ3) is 3.26. The molecule has 0 saturated heterocycles. The Bertz CT molecular complexity index is 182. The van der Waals surface area contributed by atoms with Crippen LogP contribution in [0.1, 0.15) is 27.2 Å². The molecule has 11 heavy (non-hydrogen) atoms. The standard InChI is InChI=1S/C10H15O/c1-10(2,3)11-9-7-5-4-6-8-9/h4-5,7-8H,6H2,1-3H3. The van der Waals surface area contributed by atoms with Crippen LogP contribution in [-0.4, -0.2) is 5.60 Å². The molecule has 0 heterocycles. The predicted molar refractivity (Wildman–Crippen MR) is 47.0 cm³/mol. The summed E-state index contributed by atoms with van der Waals surface area (Å²) in [5.74, 6) is 0.986. The largest absolute Gasteiger partial charge is 0.492 e. The second kappa shape index (κ2) is 3.12. The predicted octanol–water partition coefficient (Wildman–Crippen LogP) is 2.85. The summed E-state index contributed by atoms with van der Waals surface area (Å²) in [5.41, 5.74) is -0.0759. The Morgan fingerprint density at radius 3 is 2.55 bits per heavy atom. The van der Waals surface area contributed by atoms with Crippen LogP contribution in [0.4, 0.5) is 0 Å². The topological polar surface area (TPSA) is 9.23 Å². The molecule has 1 rings (SSSR count). The number of ether oxygens (including phenoxy) is 1. The van der Waals surface area contributed by atoms with Gasteiger partial charge in [0, 0.05) is 6.42 Å². The Balaban J connectivity index is 2.49. The van der Waals surface area contributed by atoms with Gasteiger partial charge in [-0.25, -0.2) is 0 Å². The van der Waals surface area contributed by atoms with Crippen molar-refractivity contribution in [1.29, 1.82) is 0 Å². The van der Waals surface area contributed by atoms with Gasteiger partial charge in [0.25, 0.3) is 0 Å². The van der Waals surface area contributed by atoms with Gasteiger partial charge in [-0.15, -0.1) is 0 Å². The Hall–Kier alpha value is -0.720. The fourth-order valence-electron chi connectivity index (χ4n) is 0.923. The quantitative estimate of drug-likeness (QED) is 0.560. The van der Waals surface area contributed by atoms with Gasteiger partial charge in [-0.3, -0.25) is 0 Å². The third-order valence-corrected chi connectivity index (χ3v) is 1.28. The van der Waals surface area contributed by atoms with E-state index in [4.69, 9.17) is 4.74 Å². The first kappa shape index (κ1) is 8.38. The molecule has 1 aliphatic rings. The van der Waals surface area contributed by atoms with E-state index in [9.17, 15) is 0 Å². The van der Waals surface area contributed by atoms with Crippen molar-refractivity contribution in [2.75, 3.05) is 0 Å². The van der Waals surface area contributed by atoms with Gasteiger partial charge < -0.3 is 4.74 Å². The van der Waals surface area contributed by atoms with E-state index in [0.29, 0.717) is 0 Å². The van der Waals surface area contributed by atoms with Gasteiger partial charge in [0.15, 0.2) is 0 Å². The van der Waals surface area contributed by atoms with E-state index < -0.39 is 0 Å². The number of allylic oxidation sites excluding steroid dienone is 4. The Morgan fingerprint density at radius 2 is 2.09 bits per heavy atom. The van der Waals surface area contributed by atoms with Crippen molar-refractivity contribution in [3.05, 3.63) is 30.4 Å². The van der Waals surface area contributed by atoms with Gasteiger partial charge in [-0.05, 0) is 33.3 Å². The highest BCUT2D eigenvalue weighted by Gasteiger charge is 2.13. The minimum absolute atomic E-state index is 0.0759. The van der Waals surface area contributed by atoms with Gasteiger partial charge in [0.2, 0.25) is 0 Å². The van der Waals surface area contributed by atoms with Crippen LogP contribution in [0.15, 0.2) is 24.0 Å². The molecule has 0 saturated carbocycles. The van der Waals surface area contributed by atoms with Crippen molar-refractivity contribution < 1.29 is 4.74 Å². The zero-order valence-electron chi connectivity index (χ0n) is 7.42. The minimum Gasteiger partial charge on any atom is -0.492 e. The fraction of sp³-hybridized carbons (Fsp3) is 0.500. The van der Waals surface area contributed by atoms with Gasteiger partial charge >= 0.3 is 0 Å². The van der Waals surface area contributed by atoms with Crippen LogP contribution < -0.4 is 0 Å². The van der Waals surface area contributed by atoms with Crippen LogP contribution in [0.5, 0.6) is 0 Å². The van der Waals surface area contributed by atoms with Gasteiger partial charge in [-0.2, -0.15) is 0 Å². The van der Waals surface area contributed by atoms with E-state index in [1.54, 1.807) is 0 Å². The van der Waals surface area contributed by atoms with Gasteiger partial charge in [-0.1, -0.05) is 12.2 Å². The van der Waals surface area contributed by atoms with Crippen LogP contribution in [0, 0.1) is 6.42 Å². The van der Waals surface area contributed by atoms with E-state index >= 15 is 0 Å². The molecule has 0 unspecified atom stereocenters. The molecule has 1 heteroatoms. The molecule has 0 bridgehead atoms. The summed E-state index contributed by atoms with van der Waals surface area (Å²) in [6.45, 7) is 6.17. The molecule has 0 amide bonds. The number of hydrogen-bond donors (Lipinski definition) is 0. The number of hydrogen-bond acceptors (Lipinski definition) is 1. The molecule has 0 aromatic carbocycles. The van der Waals surface area contributed by atoms with Crippen LogP contribution in [0.2, 0.25) is 0 Å². The summed E-state index contributed by atoms with van der Waals surface area (Å²) in [7, 11) is 0. The van der Waals surface area contributed by atoms with Crippen LogP contribution in [0.25, 0.3) is 0 Å². The van der Waals surface area contributed by atoms with E-state index in [2.05, 4.69) is 33.3 Å². The SMILES string of the molecule is CC(C)(C)OC1=CC=CC[CH]1. The molecule has 1 nitrogen and oxygen atoms in total. The molecule has 1 radical (unpaired) electrons. The molecule has 1 aliphatic carbocycles. The lowest BCUT2D eigenvalue weighted by atomic mass is 10.1. The first-order chi connectivity index (χ1) is 5.08. The summed E-state index contributed by atoms with van der Waals surface area (Å²) in [5, 5.41) is 0. The Labute approximate surface area is 68.8 Å². The lowest BCUT2D eigenvalue weighted by Gasteiger charge is -2.23. The van der Waals surface area contributed by atoms with Crippen molar-refractivity contribution in [3.8, 4) is 0 Å². The monoisotopic (exact) mass is 151 g/mol. The van der Waals surface area contributed by atoms with Gasteiger partial charge in [0.05, 0.1) is 0 Å². The molecular weight excluding hydrogens is 136 g/mol. The van der Waals surface area contributed by atoms with Crippen molar-refractivity contribution in [1.82, 2.24) is 0 Å². The lowest BCUT2D eigenvalue weighted by Crippen LogP contribution is -2.19. The van der Waals surface area contributed by atoms with E-state index in [1.807, 2.05) is 12.2 Å². The van der Waals surface area contributed by atoms with E-state index in [1.165, 1.54) is 0 Å². The molecular formula is C10H15O. The summed E-state index contributed by atoms with van der Waals surface area (Å²) < 4.78 is 5.63. The Morgan fingerprint density at radius 1 is 1.36 bits per heavy atom. The van der Waals surface area contributed by atoms with Crippen LogP contribution in [-0.2, 0) is 4.74 Å². The van der Waals surface area contributed by atoms with E-state index in [0.717, 1.165) is 12.2 Å². The molecule has 0 fully saturated rings. The molecule has 0 atom stereocenters. The minimum atomic E-state index is -0.0759. The van der Waals surface area contributed by atoms with Crippen molar-refractivity contribution >= 4 is 0 Å². The highest BCUT2D eigenvalue weighted by molar-refractivity contribution is 5.21. The summed E-state index contributed by atoms with van der Waals surface area (Å²) >= 11 is 0. The molecule has 0 spiro atoms. The molecule has 0 aromatic rings. The zero-order chi connectivity index (χ0) is 8.32. The van der Waals surface area contributed by atoms with Crippen LogP contribution in [0.3, 0.4) is 0 Å². The Kier molecular flexibility index (Phi) is 2.38. The third-order valence-electron chi connectivity index (χ3n) is 1.28. The van der Waals surface area contributed by atoms with Crippen molar-refractivity contribution in [2.24, 2.45) is 0 Å². The maximum atomic E-state index is 5.63. The normalized spacial score (nSPS) is 17.9. The lowest BCUT2D eigenvalue weighted by molar-refractivity contribution is 0.0558. The first-order valence-electron chi connectivity index (χ1n) is 3.97. The highest BCUT2D eigenvalue weighted by Crippen LogP contribution is 2.19. The highest BCUT2D eigenvalue weighted by atomic mass is 16.5. The zero-order valence-corrected chi connectivity index (χ0v) is 7.42. The second-order valence-corrected chi connectivity index (χ2v) is 3.65. The summed E-state index contributed by atoms with van der Waals surface area (Å²) in [6, 6.07) is 0. The summed E-state index contributed by atoms with van der Waals surface area (Å²) in [6.07, 6.45) is 9.21. The maximum Gasteiger partial charge on any atom is 0.101 e. The fourth-order valence-corrected chi connectivity index (χ4v) is 0.923. The molecule has 0 aliphatic heterocycles. The van der Waals surface area contributed by atoms with Gasteiger partial charge in [0.1, 0.15) is 11.4 Å². The maximum absolute atomic E-state index is 5.63. The molecule has 61 valence electrons. The van der Waals surface area contributed by atoms with E-state index in [-0.39, 0.29) is 5.60 Å². The molecule has 0 N–H and O–H groups in total.